The van der Waals surface area contributed by atoms with Gasteiger partial charge in [-0.25, -0.2) is 4.79 Å². The minimum Gasteiger partial charge on any atom is -0.452 e. The van der Waals surface area contributed by atoms with E-state index in [1.165, 1.54) is 24.3 Å². The first-order chi connectivity index (χ1) is 13.4. The number of hydrogen-bond donors (Lipinski definition) is 0. The predicted molar refractivity (Wildman–Crippen MR) is 102 cm³/mol. The molecule has 1 atom stereocenters. The summed E-state index contributed by atoms with van der Waals surface area (Å²) in [5.74, 6) is -1.08. The third kappa shape index (κ3) is 5.01. The number of anilines is 1. The van der Waals surface area contributed by atoms with Crippen molar-refractivity contribution in [2.24, 2.45) is 0 Å². The Kier molecular flexibility index (Phi) is 6.51. The molecule has 1 heterocycles. The Morgan fingerprint density at radius 3 is 2.61 bits per heavy atom. The van der Waals surface area contributed by atoms with Crippen LogP contribution in [0.25, 0.3) is 0 Å². The molecular formula is C20H19F2NO4S. The van der Waals surface area contributed by atoms with E-state index in [4.69, 9.17) is 4.74 Å². The van der Waals surface area contributed by atoms with Gasteiger partial charge < -0.3 is 14.4 Å². The van der Waals surface area contributed by atoms with E-state index < -0.39 is 19.2 Å². The lowest BCUT2D eigenvalue weighted by molar-refractivity contribution is -0.121. The van der Waals surface area contributed by atoms with Crippen LogP contribution in [0.5, 0.6) is 5.75 Å². The molecule has 1 aliphatic rings. The van der Waals surface area contributed by atoms with E-state index in [0.29, 0.717) is 11.8 Å². The average molecular weight is 407 g/mol. The molecular weight excluding hydrogens is 388 g/mol. The summed E-state index contributed by atoms with van der Waals surface area (Å²) in [7, 11) is 0. The molecule has 0 unspecified atom stereocenters. The first kappa shape index (κ1) is 20.1. The fraction of sp³-hybridized carbons (Fsp3) is 0.300. The fourth-order valence-corrected chi connectivity index (χ4v) is 3.92. The number of ether oxygens (including phenoxy) is 2. The van der Waals surface area contributed by atoms with Gasteiger partial charge in [0.05, 0.1) is 11.3 Å². The number of fused-ring (bicyclic) bond motifs is 1. The number of rotatable bonds is 5. The number of amides is 1. The van der Waals surface area contributed by atoms with Crippen molar-refractivity contribution in [2.45, 2.75) is 30.1 Å². The van der Waals surface area contributed by atoms with Crippen LogP contribution in [0, 0.1) is 0 Å². The van der Waals surface area contributed by atoms with Gasteiger partial charge in [0.2, 0.25) is 0 Å². The molecule has 3 rings (SSSR count). The Hall–Kier alpha value is -2.61. The molecule has 1 aliphatic heterocycles. The van der Waals surface area contributed by atoms with Crippen molar-refractivity contribution < 1.29 is 27.8 Å². The number of thioether (sulfide) groups is 1. The van der Waals surface area contributed by atoms with Crippen LogP contribution >= 0.6 is 11.8 Å². The number of esters is 1. The molecule has 1 amide bonds. The summed E-state index contributed by atoms with van der Waals surface area (Å²) in [4.78, 5) is 27.5. The maximum absolute atomic E-state index is 12.7. The molecule has 0 saturated heterocycles. The van der Waals surface area contributed by atoms with Crippen molar-refractivity contribution in [3.05, 3.63) is 54.1 Å². The normalized spacial score (nSPS) is 16.3. The number of para-hydroxylation sites is 1. The highest BCUT2D eigenvalue weighted by Gasteiger charge is 2.25. The molecule has 0 aromatic heterocycles. The molecule has 0 N–H and O–H groups in total. The highest BCUT2D eigenvalue weighted by atomic mass is 32.2. The molecule has 148 valence electrons. The van der Waals surface area contributed by atoms with E-state index in [9.17, 15) is 18.4 Å². The largest absolute Gasteiger partial charge is 0.452 e. The van der Waals surface area contributed by atoms with Crippen LogP contribution in [0.2, 0.25) is 0 Å². The van der Waals surface area contributed by atoms with E-state index in [1.807, 2.05) is 24.3 Å². The Morgan fingerprint density at radius 1 is 1.18 bits per heavy atom. The second-order valence-electron chi connectivity index (χ2n) is 6.21. The molecule has 0 aliphatic carbocycles. The Labute approximate surface area is 165 Å². The Bertz CT molecular complexity index is 844. The second kappa shape index (κ2) is 9.05. The molecule has 0 spiro atoms. The highest BCUT2D eigenvalue weighted by molar-refractivity contribution is 8.00. The van der Waals surface area contributed by atoms with Gasteiger partial charge in [0.15, 0.2) is 6.61 Å². The number of hydrogen-bond acceptors (Lipinski definition) is 5. The number of nitrogens with zero attached hydrogens (tertiary/aromatic N) is 1. The zero-order valence-corrected chi connectivity index (χ0v) is 16.0. The van der Waals surface area contributed by atoms with Crippen LogP contribution in [0.4, 0.5) is 14.5 Å². The van der Waals surface area contributed by atoms with Crippen LogP contribution in [0.3, 0.4) is 0 Å². The number of halogens is 2. The third-order valence-corrected chi connectivity index (χ3v) is 5.42. The van der Waals surface area contributed by atoms with Gasteiger partial charge in [-0.3, -0.25) is 4.79 Å². The fourth-order valence-electron chi connectivity index (χ4n) is 2.81. The summed E-state index contributed by atoms with van der Waals surface area (Å²) in [5.41, 5.74) is 0.960. The van der Waals surface area contributed by atoms with Gasteiger partial charge in [0.25, 0.3) is 5.91 Å². The molecule has 0 fully saturated rings. The minimum absolute atomic E-state index is 0.0598. The minimum atomic E-state index is -2.94. The molecule has 0 radical (unpaired) electrons. The van der Waals surface area contributed by atoms with Gasteiger partial charge in [0, 0.05) is 16.7 Å². The van der Waals surface area contributed by atoms with Crippen molar-refractivity contribution in [3.63, 3.8) is 0 Å². The average Bonchev–Trinajstić information content (AvgIpc) is 2.84. The molecule has 2 aromatic rings. The molecule has 0 saturated carbocycles. The standard InChI is InChI=1S/C20H19F2NO4S/c1-13-10-11-23(16-4-2-3-5-17(16)28-13)18(24)12-26-19(25)14-6-8-15(9-7-14)27-20(21)22/h2-9,13,20H,10-12H2,1H3/t13-/m1/s1. The molecule has 28 heavy (non-hydrogen) atoms. The summed E-state index contributed by atoms with van der Waals surface area (Å²) < 4.78 is 33.7. The van der Waals surface area contributed by atoms with Crippen molar-refractivity contribution in [3.8, 4) is 5.75 Å². The van der Waals surface area contributed by atoms with Crippen LogP contribution in [-0.4, -0.2) is 36.9 Å². The van der Waals surface area contributed by atoms with Gasteiger partial charge in [-0.1, -0.05) is 19.1 Å². The first-order valence-electron chi connectivity index (χ1n) is 8.72. The van der Waals surface area contributed by atoms with Gasteiger partial charge in [-0.2, -0.15) is 8.78 Å². The molecule has 8 heteroatoms. The van der Waals surface area contributed by atoms with Crippen molar-refractivity contribution in [1.29, 1.82) is 0 Å². The number of benzene rings is 2. The topological polar surface area (TPSA) is 55.8 Å². The summed E-state index contributed by atoms with van der Waals surface area (Å²) in [6.45, 7) is -0.688. The van der Waals surface area contributed by atoms with Crippen molar-refractivity contribution >= 4 is 29.3 Å². The van der Waals surface area contributed by atoms with E-state index in [0.717, 1.165) is 17.0 Å². The maximum Gasteiger partial charge on any atom is 0.387 e. The number of alkyl halides is 2. The van der Waals surface area contributed by atoms with Crippen LogP contribution in [0.15, 0.2) is 53.4 Å². The van der Waals surface area contributed by atoms with Crippen LogP contribution < -0.4 is 9.64 Å². The smallest absolute Gasteiger partial charge is 0.387 e. The second-order valence-corrected chi connectivity index (χ2v) is 7.69. The van der Waals surface area contributed by atoms with E-state index in [2.05, 4.69) is 11.7 Å². The lowest BCUT2D eigenvalue weighted by atomic mass is 10.2. The molecule has 0 bridgehead atoms. The summed E-state index contributed by atoms with van der Waals surface area (Å²) in [6.07, 6.45) is 0.824. The quantitative estimate of drug-likeness (QED) is 0.690. The first-order valence-corrected chi connectivity index (χ1v) is 9.60. The lowest BCUT2D eigenvalue weighted by Crippen LogP contribution is -2.35. The SMILES string of the molecule is C[C@@H]1CCN(C(=O)COC(=O)c2ccc(OC(F)F)cc2)c2ccccc2S1. The van der Waals surface area contributed by atoms with Crippen LogP contribution in [0.1, 0.15) is 23.7 Å². The third-order valence-electron chi connectivity index (χ3n) is 4.19. The lowest BCUT2D eigenvalue weighted by Gasteiger charge is -2.22. The van der Waals surface area contributed by atoms with Gasteiger partial charge in [0.1, 0.15) is 5.75 Å². The van der Waals surface area contributed by atoms with E-state index in [-0.39, 0.29) is 17.2 Å². The maximum atomic E-state index is 12.7. The summed E-state index contributed by atoms with van der Waals surface area (Å²) in [5, 5.41) is 0.371. The van der Waals surface area contributed by atoms with E-state index >= 15 is 0 Å². The van der Waals surface area contributed by atoms with Gasteiger partial charge in [-0.05, 0) is 42.8 Å². The van der Waals surface area contributed by atoms with E-state index in [1.54, 1.807) is 16.7 Å². The zero-order valence-electron chi connectivity index (χ0n) is 15.1. The van der Waals surface area contributed by atoms with Crippen molar-refractivity contribution in [2.75, 3.05) is 18.1 Å². The highest BCUT2D eigenvalue weighted by Crippen LogP contribution is 2.37. The molecule has 2 aromatic carbocycles. The van der Waals surface area contributed by atoms with Crippen molar-refractivity contribution in [1.82, 2.24) is 0 Å². The summed E-state index contributed by atoms with van der Waals surface area (Å²) in [6, 6.07) is 12.7. The summed E-state index contributed by atoms with van der Waals surface area (Å²) >= 11 is 1.71. The monoisotopic (exact) mass is 407 g/mol. The van der Waals surface area contributed by atoms with Gasteiger partial charge >= 0.3 is 12.6 Å². The Morgan fingerprint density at radius 2 is 1.89 bits per heavy atom. The Balaban J connectivity index is 1.63. The van der Waals surface area contributed by atoms with Crippen LogP contribution in [-0.2, 0) is 9.53 Å². The number of carbonyl (C=O) groups excluding carboxylic acids is 2. The molecule has 5 nitrogen and oxygen atoms in total. The zero-order chi connectivity index (χ0) is 20.1. The predicted octanol–water partition coefficient (Wildman–Crippen LogP) is 4.36. The van der Waals surface area contributed by atoms with Gasteiger partial charge in [-0.15, -0.1) is 11.8 Å². The number of carbonyl (C=O) groups is 2.